The normalized spacial score (nSPS) is 14.6. The molecule has 1 aromatic carbocycles. The number of urea groups is 1. The summed E-state index contributed by atoms with van der Waals surface area (Å²) in [6.45, 7) is 5.60. The van der Waals surface area contributed by atoms with Gasteiger partial charge in [-0.15, -0.1) is 0 Å². The first-order valence-electron chi connectivity index (χ1n) is 8.84. The molecule has 150 valence electrons. The molecule has 0 bridgehead atoms. The number of carbonyl (C=O) groups is 2. The van der Waals surface area contributed by atoms with E-state index in [1.165, 1.54) is 34.7 Å². The van der Waals surface area contributed by atoms with E-state index < -0.39 is 10.0 Å². The van der Waals surface area contributed by atoms with Crippen LogP contribution in [0.25, 0.3) is 0 Å². The number of benzene rings is 1. The standard InChI is InChI=1S/C18H22N4O4S2/c1-11(2)19-17(24)21-18-20-15-7-8-22(10-16(15)27-18)28(25,26)14-6-4-5-13(9-14)12(3)23/h4-6,9,11H,7-8,10H2,1-3H3,(H2,19,20,21,24). The van der Waals surface area contributed by atoms with E-state index in [9.17, 15) is 18.0 Å². The van der Waals surface area contributed by atoms with Crippen LogP contribution in [-0.2, 0) is 23.0 Å². The summed E-state index contributed by atoms with van der Waals surface area (Å²) >= 11 is 1.27. The zero-order valence-electron chi connectivity index (χ0n) is 15.9. The van der Waals surface area contributed by atoms with Crippen molar-refractivity contribution in [2.75, 3.05) is 11.9 Å². The zero-order chi connectivity index (χ0) is 20.5. The van der Waals surface area contributed by atoms with Crippen LogP contribution in [0.3, 0.4) is 0 Å². The monoisotopic (exact) mass is 422 g/mol. The summed E-state index contributed by atoms with van der Waals surface area (Å²) in [7, 11) is -3.73. The Morgan fingerprint density at radius 3 is 2.71 bits per heavy atom. The minimum absolute atomic E-state index is 0.000914. The minimum atomic E-state index is -3.73. The predicted octanol–water partition coefficient (Wildman–Crippen LogP) is 2.62. The number of rotatable bonds is 5. The summed E-state index contributed by atoms with van der Waals surface area (Å²) in [6.07, 6.45) is 0.463. The molecule has 1 aliphatic rings. The van der Waals surface area contributed by atoms with Crippen molar-refractivity contribution in [3.63, 3.8) is 0 Å². The Kier molecular flexibility index (Phi) is 5.82. The van der Waals surface area contributed by atoms with Crippen molar-refractivity contribution in [1.29, 1.82) is 0 Å². The second kappa shape index (κ2) is 7.98. The Balaban J connectivity index is 1.78. The first kappa shape index (κ1) is 20.4. The number of fused-ring (bicyclic) bond motifs is 1. The zero-order valence-corrected chi connectivity index (χ0v) is 17.5. The second-order valence-electron chi connectivity index (χ2n) is 6.81. The van der Waals surface area contributed by atoms with Crippen molar-refractivity contribution < 1.29 is 18.0 Å². The van der Waals surface area contributed by atoms with Crippen LogP contribution >= 0.6 is 11.3 Å². The highest BCUT2D eigenvalue weighted by atomic mass is 32.2. The molecule has 0 saturated carbocycles. The fourth-order valence-corrected chi connectivity index (χ4v) is 5.41. The number of hydrogen-bond donors (Lipinski definition) is 2. The molecule has 8 nitrogen and oxygen atoms in total. The molecule has 2 heterocycles. The maximum Gasteiger partial charge on any atom is 0.321 e. The predicted molar refractivity (Wildman–Crippen MR) is 107 cm³/mol. The van der Waals surface area contributed by atoms with Crippen molar-refractivity contribution in [3.05, 3.63) is 40.4 Å². The first-order chi connectivity index (χ1) is 13.2. The summed E-state index contributed by atoms with van der Waals surface area (Å²) in [6, 6.07) is 5.73. The molecular weight excluding hydrogens is 400 g/mol. The molecule has 1 aliphatic heterocycles. The lowest BCUT2D eigenvalue weighted by Crippen LogP contribution is -2.35. The number of hydrogen-bond acceptors (Lipinski definition) is 6. The summed E-state index contributed by atoms with van der Waals surface area (Å²) in [5, 5.41) is 5.86. The van der Waals surface area contributed by atoms with Gasteiger partial charge in [0, 0.05) is 29.4 Å². The number of aromatic nitrogens is 1. The lowest BCUT2D eigenvalue weighted by Gasteiger charge is -2.25. The molecule has 10 heteroatoms. The Bertz CT molecular complexity index is 1010. The summed E-state index contributed by atoms with van der Waals surface area (Å²) in [5.41, 5.74) is 1.16. The van der Waals surface area contributed by atoms with Gasteiger partial charge in [0.15, 0.2) is 10.9 Å². The summed E-state index contributed by atoms with van der Waals surface area (Å²) in [4.78, 5) is 28.7. The Morgan fingerprint density at radius 2 is 2.04 bits per heavy atom. The van der Waals surface area contributed by atoms with Gasteiger partial charge in [-0.1, -0.05) is 23.5 Å². The van der Waals surface area contributed by atoms with Gasteiger partial charge in [0.05, 0.1) is 17.1 Å². The molecule has 2 N–H and O–H groups in total. The van der Waals surface area contributed by atoms with Crippen molar-refractivity contribution in [1.82, 2.24) is 14.6 Å². The van der Waals surface area contributed by atoms with E-state index in [-0.39, 0.29) is 29.3 Å². The number of ketones is 1. The van der Waals surface area contributed by atoms with Gasteiger partial charge in [-0.2, -0.15) is 4.31 Å². The van der Waals surface area contributed by atoms with Crippen LogP contribution in [0.1, 0.15) is 41.7 Å². The third kappa shape index (κ3) is 4.40. The second-order valence-corrected chi connectivity index (χ2v) is 9.84. The molecule has 0 atom stereocenters. The van der Waals surface area contributed by atoms with Crippen LogP contribution in [0, 0.1) is 0 Å². The number of nitrogens with zero attached hydrogens (tertiary/aromatic N) is 2. The lowest BCUT2D eigenvalue weighted by molar-refractivity contribution is 0.101. The number of anilines is 1. The SMILES string of the molecule is CC(=O)c1cccc(S(=O)(=O)N2CCc3nc(NC(=O)NC(C)C)sc3C2)c1. The maximum absolute atomic E-state index is 13.0. The van der Waals surface area contributed by atoms with Gasteiger partial charge in [0.2, 0.25) is 10.0 Å². The highest BCUT2D eigenvalue weighted by molar-refractivity contribution is 7.89. The molecule has 0 fully saturated rings. The summed E-state index contributed by atoms with van der Waals surface area (Å²) in [5.74, 6) is -0.184. The average Bonchev–Trinajstić information content (AvgIpc) is 3.02. The molecular formula is C18H22N4O4S2. The molecule has 0 radical (unpaired) electrons. The minimum Gasteiger partial charge on any atom is -0.336 e. The van der Waals surface area contributed by atoms with Crippen molar-refractivity contribution in [2.45, 2.75) is 44.7 Å². The largest absolute Gasteiger partial charge is 0.336 e. The number of Topliss-reactive ketones (excluding diaryl/α,β-unsaturated/α-hetero) is 1. The fourth-order valence-electron chi connectivity index (χ4n) is 2.85. The lowest BCUT2D eigenvalue weighted by atomic mass is 10.2. The van der Waals surface area contributed by atoms with Gasteiger partial charge < -0.3 is 5.32 Å². The quantitative estimate of drug-likeness (QED) is 0.720. The van der Waals surface area contributed by atoms with Crippen molar-refractivity contribution in [2.24, 2.45) is 0 Å². The first-order valence-corrected chi connectivity index (χ1v) is 11.1. The third-order valence-electron chi connectivity index (χ3n) is 4.21. The highest BCUT2D eigenvalue weighted by Gasteiger charge is 2.31. The molecule has 0 aliphatic carbocycles. The average molecular weight is 423 g/mol. The summed E-state index contributed by atoms with van der Waals surface area (Å²) < 4.78 is 27.4. The van der Waals surface area contributed by atoms with E-state index in [0.29, 0.717) is 23.7 Å². The van der Waals surface area contributed by atoms with Crippen LogP contribution in [0.15, 0.2) is 29.2 Å². The molecule has 0 unspecified atom stereocenters. The van der Waals surface area contributed by atoms with E-state index in [2.05, 4.69) is 15.6 Å². The molecule has 28 heavy (non-hydrogen) atoms. The van der Waals surface area contributed by atoms with Gasteiger partial charge >= 0.3 is 6.03 Å². The van der Waals surface area contributed by atoms with Crippen LogP contribution in [0.2, 0.25) is 0 Å². The smallest absolute Gasteiger partial charge is 0.321 e. The Morgan fingerprint density at radius 1 is 1.29 bits per heavy atom. The van der Waals surface area contributed by atoms with Crippen LogP contribution in [0.4, 0.5) is 9.93 Å². The molecule has 2 aromatic rings. The number of amides is 2. The van der Waals surface area contributed by atoms with E-state index in [1.54, 1.807) is 12.1 Å². The number of carbonyl (C=O) groups excluding carboxylic acids is 2. The van der Waals surface area contributed by atoms with Gasteiger partial charge in [-0.25, -0.2) is 18.2 Å². The van der Waals surface area contributed by atoms with Crippen molar-refractivity contribution in [3.8, 4) is 0 Å². The molecule has 3 rings (SSSR count). The van der Waals surface area contributed by atoms with Gasteiger partial charge in [0.1, 0.15) is 0 Å². The Labute approximate surface area is 168 Å². The van der Waals surface area contributed by atoms with Crippen LogP contribution in [0.5, 0.6) is 0 Å². The van der Waals surface area contributed by atoms with Gasteiger partial charge in [-0.3, -0.25) is 10.1 Å². The molecule has 2 amide bonds. The van der Waals surface area contributed by atoms with Crippen LogP contribution < -0.4 is 10.6 Å². The van der Waals surface area contributed by atoms with E-state index in [0.717, 1.165) is 10.6 Å². The van der Waals surface area contributed by atoms with E-state index >= 15 is 0 Å². The van der Waals surface area contributed by atoms with Crippen LogP contribution in [-0.4, -0.2) is 42.1 Å². The topological polar surface area (TPSA) is 108 Å². The highest BCUT2D eigenvalue weighted by Crippen LogP contribution is 2.31. The molecule has 1 aromatic heterocycles. The molecule has 0 spiro atoms. The number of thiazole rings is 1. The number of nitrogens with one attached hydrogen (secondary N) is 2. The third-order valence-corrected chi connectivity index (χ3v) is 7.05. The van der Waals surface area contributed by atoms with Gasteiger partial charge in [0.25, 0.3) is 0 Å². The number of sulfonamides is 1. The van der Waals surface area contributed by atoms with E-state index in [1.807, 2.05) is 13.8 Å². The van der Waals surface area contributed by atoms with Crippen molar-refractivity contribution >= 4 is 38.3 Å². The Hall–Kier alpha value is -2.30. The maximum atomic E-state index is 13.0. The molecule has 0 saturated heterocycles. The fraction of sp³-hybridized carbons (Fsp3) is 0.389. The van der Waals surface area contributed by atoms with E-state index in [4.69, 9.17) is 0 Å². The van der Waals surface area contributed by atoms with Gasteiger partial charge in [-0.05, 0) is 32.9 Å².